The third-order valence-corrected chi connectivity index (χ3v) is 6.54. The maximum absolute atomic E-state index is 13.0. The van der Waals surface area contributed by atoms with Crippen molar-refractivity contribution >= 4 is 15.8 Å². The van der Waals surface area contributed by atoms with Crippen molar-refractivity contribution in [1.29, 1.82) is 0 Å². The molecule has 0 aliphatic heterocycles. The molecule has 1 fully saturated rings. The summed E-state index contributed by atoms with van der Waals surface area (Å²) in [5, 5.41) is -0.460. The third-order valence-electron chi connectivity index (χ3n) is 4.20. The fourth-order valence-electron chi connectivity index (χ4n) is 2.77. The number of nitrogens with zero attached hydrogens (tertiary/aromatic N) is 2. The van der Waals surface area contributed by atoms with Crippen molar-refractivity contribution in [2.24, 2.45) is 0 Å². The molecule has 23 heavy (non-hydrogen) atoms. The first-order valence-electron chi connectivity index (χ1n) is 7.99. The molecule has 130 valence electrons. The Hall–Kier alpha value is -1.18. The zero-order valence-electron chi connectivity index (χ0n) is 14.1. The quantitative estimate of drug-likeness (QED) is 0.755. The van der Waals surface area contributed by atoms with Crippen molar-refractivity contribution in [2.75, 3.05) is 27.2 Å². The minimum Gasteiger partial charge on any atom is -0.465 e. The molecule has 1 heterocycles. The molecule has 2 rings (SSSR count). The van der Waals surface area contributed by atoms with Crippen LogP contribution in [0.2, 0.25) is 0 Å². The van der Waals surface area contributed by atoms with Crippen LogP contribution in [0.25, 0.3) is 0 Å². The van der Waals surface area contributed by atoms with Crippen molar-refractivity contribution in [3.63, 3.8) is 0 Å². The molecule has 0 amide bonds. The van der Waals surface area contributed by atoms with Gasteiger partial charge in [0.05, 0.1) is 11.8 Å². The number of Topliss-reactive ketones (excluding diaryl/α,β-unsaturated/α-hetero) is 1. The van der Waals surface area contributed by atoms with E-state index in [-0.39, 0.29) is 12.3 Å². The van der Waals surface area contributed by atoms with Gasteiger partial charge in [-0.1, -0.05) is 0 Å². The lowest BCUT2D eigenvalue weighted by molar-refractivity contribution is -0.120. The minimum absolute atomic E-state index is 0.165. The van der Waals surface area contributed by atoms with E-state index in [1.807, 2.05) is 38.1 Å². The molecule has 1 saturated carbocycles. The Balaban J connectivity index is 2.15. The monoisotopic (exact) mass is 342 g/mol. The zero-order chi connectivity index (χ0) is 17.0. The second-order valence-electron chi connectivity index (χ2n) is 6.43. The van der Waals surface area contributed by atoms with E-state index < -0.39 is 15.3 Å². The lowest BCUT2D eigenvalue weighted by Crippen LogP contribution is -2.43. The van der Waals surface area contributed by atoms with E-state index in [2.05, 4.69) is 0 Å². The number of hydrogen-bond donors (Lipinski definition) is 0. The highest BCUT2D eigenvalue weighted by atomic mass is 32.2. The predicted octanol–water partition coefficient (Wildman–Crippen LogP) is 1.79. The highest BCUT2D eigenvalue weighted by molar-refractivity contribution is 7.89. The average molecular weight is 342 g/mol. The van der Waals surface area contributed by atoms with Crippen LogP contribution in [0.1, 0.15) is 37.2 Å². The summed E-state index contributed by atoms with van der Waals surface area (Å²) >= 11 is 0. The molecular formula is C16H26N2O4S. The van der Waals surface area contributed by atoms with Crippen molar-refractivity contribution in [3.05, 3.63) is 23.7 Å². The Kier molecular flexibility index (Phi) is 6.00. The number of carbonyl (C=O) groups is 1. The lowest BCUT2D eigenvalue weighted by Gasteiger charge is -2.29. The summed E-state index contributed by atoms with van der Waals surface area (Å²) in [5.41, 5.74) is 0. The van der Waals surface area contributed by atoms with Crippen LogP contribution in [0.15, 0.2) is 16.5 Å². The molecule has 0 spiro atoms. The first-order chi connectivity index (χ1) is 10.8. The number of hydrogen-bond acceptors (Lipinski definition) is 5. The lowest BCUT2D eigenvalue weighted by atomic mass is 9.99. The summed E-state index contributed by atoms with van der Waals surface area (Å²) in [7, 11) is 0.398. The maximum Gasteiger partial charge on any atom is 0.217 e. The van der Waals surface area contributed by atoms with Crippen LogP contribution in [0.4, 0.5) is 0 Å². The smallest absolute Gasteiger partial charge is 0.217 e. The molecule has 1 aliphatic rings. The first kappa shape index (κ1) is 18.2. The van der Waals surface area contributed by atoms with Crippen LogP contribution in [-0.4, -0.2) is 55.8 Å². The van der Waals surface area contributed by atoms with Gasteiger partial charge in [0.25, 0.3) is 0 Å². The van der Waals surface area contributed by atoms with E-state index in [9.17, 15) is 13.2 Å². The van der Waals surface area contributed by atoms with Gasteiger partial charge in [-0.25, -0.2) is 8.42 Å². The summed E-state index contributed by atoms with van der Waals surface area (Å²) in [6.45, 7) is 3.15. The number of sulfonamides is 1. The fraction of sp³-hybridized carbons (Fsp3) is 0.688. The Morgan fingerprint density at radius 2 is 1.83 bits per heavy atom. The molecule has 0 aromatic carbocycles. The van der Waals surface area contributed by atoms with Crippen LogP contribution in [0.3, 0.4) is 0 Å². The molecule has 0 unspecified atom stereocenters. The van der Waals surface area contributed by atoms with Gasteiger partial charge in [-0.2, -0.15) is 4.31 Å². The second-order valence-corrected chi connectivity index (χ2v) is 8.65. The van der Waals surface area contributed by atoms with Gasteiger partial charge < -0.3 is 9.32 Å². The van der Waals surface area contributed by atoms with E-state index in [1.54, 1.807) is 0 Å². The number of ketones is 1. The van der Waals surface area contributed by atoms with Gasteiger partial charge in [-0.05, 0) is 46.0 Å². The Bertz CT molecular complexity index is 626. The van der Waals surface area contributed by atoms with Crippen molar-refractivity contribution in [3.8, 4) is 0 Å². The van der Waals surface area contributed by atoms with E-state index >= 15 is 0 Å². The van der Waals surface area contributed by atoms with Crippen molar-refractivity contribution in [2.45, 2.75) is 44.4 Å². The normalized spacial score (nSPS) is 17.3. The summed E-state index contributed by atoms with van der Waals surface area (Å²) in [4.78, 5) is 13.3. The van der Waals surface area contributed by atoms with Crippen LogP contribution in [-0.2, 0) is 21.4 Å². The minimum atomic E-state index is -3.44. The summed E-state index contributed by atoms with van der Waals surface area (Å²) in [6.07, 6.45) is 1.59. The Morgan fingerprint density at radius 1 is 1.17 bits per heavy atom. The molecule has 0 atom stereocenters. The topological polar surface area (TPSA) is 70.8 Å². The fourth-order valence-corrected chi connectivity index (χ4v) is 4.67. The summed E-state index contributed by atoms with van der Waals surface area (Å²) < 4.78 is 33.0. The molecule has 1 aromatic heterocycles. The first-order valence-corrected chi connectivity index (χ1v) is 9.50. The molecule has 7 heteroatoms. The molecule has 0 saturated heterocycles. The van der Waals surface area contributed by atoms with Crippen molar-refractivity contribution in [1.82, 2.24) is 9.21 Å². The third kappa shape index (κ3) is 4.89. The van der Waals surface area contributed by atoms with Crippen molar-refractivity contribution < 1.29 is 17.6 Å². The van der Waals surface area contributed by atoms with Gasteiger partial charge in [0.15, 0.2) is 0 Å². The Labute approximate surface area is 138 Å². The maximum atomic E-state index is 13.0. The van der Waals surface area contributed by atoms with Crippen LogP contribution in [0.5, 0.6) is 0 Å². The van der Waals surface area contributed by atoms with E-state index in [1.165, 1.54) is 4.31 Å². The molecular weight excluding hydrogens is 316 g/mol. The van der Waals surface area contributed by atoms with Crippen LogP contribution in [0, 0.1) is 6.92 Å². The van der Waals surface area contributed by atoms with Crippen LogP contribution >= 0.6 is 0 Å². The number of rotatable bonds is 7. The number of carbonyl (C=O) groups excluding carboxylic acids is 1. The number of likely N-dealkylation sites (N-methyl/N-ethyl adjacent to an activating group) is 1. The highest BCUT2D eigenvalue weighted by Gasteiger charge is 2.35. The van der Waals surface area contributed by atoms with E-state index in [0.717, 1.165) is 5.76 Å². The van der Waals surface area contributed by atoms with Crippen LogP contribution < -0.4 is 0 Å². The molecule has 1 aromatic rings. The summed E-state index contributed by atoms with van der Waals surface area (Å²) in [5.74, 6) is 1.59. The zero-order valence-corrected chi connectivity index (χ0v) is 14.9. The SMILES string of the molecule is Cc1ccc(CN(CCN(C)C)S(=O)(=O)C2CCC(=O)CC2)o1. The highest BCUT2D eigenvalue weighted by Crippen LogP contribution is 2.26. The van der Waals surface area contributed by atoms with Gasteiger partial charge in [0.1, 0.15) is 17.3 Å². The van der Waals surface area contributed by atoms with Gasteiger partial charge in [-0.3, -0.25) is 4.79 Å². The van der Waals surface area contributed by atoms with Gasteiger partial charge >= 0.3 is 0 Å². The molecule has 1 aliphatic carbocycles. The van der Waals surface area contributed by atoms with Gasteiger partial charge in [0, 0.05) is 25.9 Å². The molecule has 0 bridgehead atoms. The number of furan rings is 1. The van der Waals surface area contributed by atoms with E-state index in [0.29, 0.717) is 44.5 Å². The number of aryl methyl sites for hydroxylation is 1. The van der Waals surface area contributed by atoms with E-state index in [4.69, 9.17) is 4.42 Å². The summed E-state index contributed by atoms with van der Waals surface area (Å²) in [6, 6.07) is 3.66. The predicted molar refractivity (Wildman–Crippen MR) is 88.6 cm³/mol. The average Bonchev–Trinajstić information content (AvgIpc) is 2.89. The molecule has 6 nitrogen and oxygen atoms in total. The molecule has 0 N–H and O–H groups in total. The second kappa shape index (κ2) is 7.59. The Morgan fingerprint density at radius 3 is 2.35 bits per heavy atom. The largest absolute Gasteiger partial charge is 0.465 e. The molecule has 0 radical (unpaired) electrons. The van der Waals surface area contributed by atoms with Gasteiger partial charge in [0.2, 0.25) is 10.0 Å². The van der Waals surface area contributed by atoms with Gasteiger partial charge in [-0.15, -0.1) is 0 Å². The standard InChI is InChI=1S/C16H26N2O4S/c1-13-4-7-15(22-13)12-18(11-10-17(2)3)23(20,21)16-8-5-14(19)6-9-16/h4,7,16H,5-6,8-12H2,1-3H3.